The molecule has 3 rings (SSSR count). The molecule has 0 spiro atoms. The standard InChI is InChI=1S/C37H62N6O7/c1-36(2,3)22-29-19-30(23-37(4,5)6)21-31(20-29)24-38-15-17-43(18-16-38)32(44)25-39-7-9-40(26-33(45)46)11-13-42(28-35(49)50)14-12-41(10-8-39)27-34(47)48/h19-21H,7-18,22-28H2,1-6H3,(H,45,46)(H,47,48)(H,49,50). The van der Waals surface area contributed by atoms with Crippen LogP contribution in [-0.4, -0.2) is 173 Å². The van der Waals surface area contributed by atoms with Crippen molar-refractivity contribution in [3.63, 3.8) is 0 Å². The molecular formula is C37H62N6O7. The fourth-order valence-electron chi connectivity index (χ4n) is 6.85. The zero-order chi connectivity index (χ0) is 37.1. The molecule has 1 aromatic rings. The SMILES string of the molecule is CC(C)(C)Cc1cc(CN2CCN(C(=O)CN3CCN(CC(=O)O)CCN(CC(=O)O)CCN(CC(=O)O)CC3)CC2)cc(CC(C)(C)C)c1. The maximum atomic E-state index is 13.6. The van der Waals surface area contributed by atoms with E-state index in [4.69, 9.17) is 0 Å². The quantitative estimate of drug-likeness (QED) is 0.293. The van der Waals surface area contributed by atoms with E-state index in [9.17, 15) is 34.5 Å². The highest BCUT2D eigenvalue weighted by atomic mass is 16.4. The van der Waals surface area contributed by atoms with Crippen LogP contribution in [0.5, 0.6) is 0 Å². The molecule has 13 nitrogen and oxygen atoms in total. The Balaban J connectivity index is 1.65. The van der Waals surface area contributed by atoms with Crippen LogP contribution in [-0.2, 0) is 38.6 Å². The zero-order valence-electron chi connectivity index (χ0n) is 31.3. The Labute approximate surface area is 298 Å². The van der Waals surface area contributed by atoms with Gasteiger partial charge in [0.05, 0.1) is 26.2 Å². The number of carboxylic acid groups (broad SMARTS) is 3. The number of hydrogen-bond acceptors (Lipinski definition) is 9. The van der Waals surface area contributed by atoms with E-state index in [1.54, 1.807) is 14.7 Å². The predicted molar refractivity (Wildman–Crippen MR) is 193 cm³/mol. The average Bonchev–Trinajstić information content (AvgIpc) is 2.96. The summed E-state index contributed by atoms with van der Waals surface area (Å²) in [7, 11) is 0. The Morgan fingerprint density at radius 3 is 1.10 bits per heavy atom. The first-order chi connectivity index (χ1) is 23.3. The summed E-state index contributed by atoms with van der Waals surface area (Å²) < 4.78 is 0. The number of amides is 1. The number of nitrogens with zero attached hydrogens (tertiary/aromatic N) is 6. The van der Waals surface area contributed by atoms with Gasteiger partial charge in [0.2, 0.25) is 5.91 Å². The highest BCUT2D eigenvalue weighted by molar-refractivity contribution is 5.78. The van der Waals surface area contributed by atoms with E-state index in [2.05, 4.69) is 64.6 Å². The molecule has 0 bridgehead atoms. The van der Waals surface area contributed by atoms with E-state index in [0.29, 0.717) is 65.4 Å². The van der Waals surface area contributed by atoms with Crippen LogP contribution in [0, 0.1) is 10.8 Å². The third-order valence-corrected chi connectivity index (χ3v) is 9.08. The lowest BCUT2D eigenvalue weighted by Crippen LogP contribution is -2.53. The lowest BCUT2D eigenvalue weighted by molar-refractivity contribution is -0.141. The number of carboxylic acids is 3. The fraction of sp³-hybridized carbons (Fsp3) is 0.730. The molecule has 2 fully saturated rings. The molecule has 2 aliphatic heterocycles. The Morgan fingerprint density at radius 1 is 0.480 bits per heavy atom. The first-order valence-electron chi connectivity index (χ1n) is 18.0. The highest BCUT2D eigenvalue weighted by Gasteiger charge is 2.26. The maximum Gasteiger partial charge on any atom is 0.317 e. The van der Waals surface area contributed by atoms with E-state index < -0.39 is 17.9 Å². The van der Waals surface area contributed by atoms with E-state index >= 15 is 0 Å². The summed E-state index contributed by atoms with van der Waals surface area (Å²) in [6.07, 6.45) is 2.03. The second kappa shape index (κ2) is 18.9. The molecular weight excluding hydrogens is 640 g/mol. The van der Waals surface area contributed by atoms with Gasteiger partial charge < -0.3 is 20.2 Å². The summed E-state index contributed by atoms with van der Waals surface area (Å²) in [5, 5.41) is 28.4. The van der Waals surface area contributed by atoms with Crippen LogP contribution in [0.3, 0.4) is 0 Å². The number of rotatable bonds is 12. The Bertz CT molecular complexity index is 1220. The normalized spacial score (nSPS) is 19.1. The molecule has 3 N–H and O–H groups in total. The molecule has 0 aromatic heterocycles. The van der Waals surface area contributed by atoms with Gasteiger partial charge in [-0.1, -0.05) is 59.7 Å². The van der Waals surface area contributed by atoms with Crippen molar-refractivity contribution in [2.45, 2.75) is 60.9 Å². The van der Waals surface area contributed by atoms with Gasteiger partial charge in [-0.25, -0.2) is 0 Å². The summed E-state index contributed by atoms with van der Waals surface area (Å²) in [5.74, 6) is -2.92. The summed E-state index contributed by atoms with van der Waals surface area (Å²) in [5.41, 5.74) is 4.44. The molecule has 2 aliphatic rings. The largest absolute Gasteiger partial charge is 0.480 e. The molecule has 282 valence electrons. The Hall–Kier alpha value is -3.10. The molecule has 0 atom stereocenters. The number of carbonyl (C=O) groups is 4. The molecule has 0 saturated carbocycles. The van der Waals surface area contributed by atoms with Crippen molar-refractivity contribution >= 4 is 23.8 Å². The van der Waals surface area contributed by atoms with Crippen molar-refractivity contribution < 1.29 is 34.5 Å². The van der Waals surface area contributed by atoms with E-state index in [1.807, 2.05) is 9.80 Å². The van der Waals surface area contributed by atoms with Crippen molar-refractivity contribution in [3.8, 4) is 0 Å². The number of benzene rings is 1. The summed E-state index contributed by atoms with van der Waals surface area (Å²) in [4.78, 5) is 59.8. The molecule has 50 heavy (non-hydrogen) atoms. The third kappa shape index (κ3) is 16.3. The Kier molecular flexibility index (Phi) is 15.7. The van der Waals surface area contributed by atoms with Gasteiger partial charge in [-0.05, 0) is 40.4 Å². The lowest BCUT2D eigenvalue weighted by Gasteiger charge is -2.37. The highest BCUT2D eigenvalue weighted by Crippen LogP contribution is 2.27. The predicted octanol–water partition coefficient (Wildman–Crippen LogP) is 1.98. The second-order valence-corrected chi connectivity index (χ2v) is 16.6. The van der Waals surface area contributed by atoms with Crippen LogP contribution in [0.25, 0.3) is 0 Å². The minimum Gasteiger partial charge on any atom is -0.480 e. The van der Waals surface area contributed by atoms with Crippen molar-refractivity contribution in [3.05, 3.63) is 34.9 Å². The molecule has 1 amide bonds. The summed E-state index contributed by atoms with van der Waals surface area (Å²) in [6, 6.07) is 7.05. The van der Waals surface area contributed by atoms with Crippen LogP contribution >= 0.6 is 0 Å². The maximum absolute atomic E-state index is 13.6. The number of piperazine rings is 1. The minimum atomic E-state index is -0.993. The zero-order valence-corrected chi connectivity index (χ0v) is 31.3. The van der Waals surface area contributed by atoms with Crippen LogP contribution in [0.1, 0.15) is 58.2 Å². The van der Waals surface area contributed by atoms with Crippen LogP contribution in [0.15, 0.2) is 18.2 Å². The van der Waals surface area contributed by atoms with Gasteiger partial charge in [0.25, 0.3) is 0 Å². The molecule has 1 aromatic carbocycles. The van der Waals surface area contributed by atoms with Crippen molar-refractivity contribution in [1.82, 2.24) is 29.4 Å². The van der Waals surface area contributed by atoms with Crippen LogP contribution in [0.2, 0.25) is 0 Å². The molecule has 0 radical (unpaired) electrons. The van der Waals surface area contributed by atoms with Gasteiger partial charge in [0.15, 0.2) is 0 Å². The molecule has 2 saturated heterocycles. The van der Waals surface area contributed by atoms with Crippen molar-refractivity contribution in [2.75, 3.05) is 105 Å². The Morgan fingerprint density at radius 2 is 0.780 bits per heavy atom. The van der Waals surface area contributed by atoms with E-state index in [1.165, 1.54) is 16.7 Å². The van der Waals surface area contributed by atoms with Crippen LogP contribution < -0.4 is 0 Å². The van der Waals surface area contributed by atoms with Gasteiger partial charge in [-0.15, -0.1) is 0 Å². The first-order valence-corrected chi connectivity index (χ1v) is 18.0. The molecule has 2 heterocycles. The molecule has 0 aliphatic carbocycles. The van der Waals surface area contributed by atoms with Crippen molar-refractivity contribution in [2.24, 2.45) is 10.8 Å². The average molecular weight is 703 g/mol. The van der Waals surface area contributed by atoms with Gasteiger partial charge >= 0.3 is 17.9 Å². The fourth-order valence-corrected chi connectivity index (χ4v) is 6.85. The van der Waals surface area contributed by atoms with Crippen molar-refractivity contribution in [1.29, 1.82) is 0 Å². The van der Waals surface area contributed by atoms with Crippen LogP contribution in [0.4, 0.5) is 0 Å². The number of aliphatic carboxylic acids is 3. The smallest absolute Gasteiger partial charge is 0.317 e. The summed E-state index contributed by atoms with van der Waals surface area (Å²) in [6.45, 7) is 19.8. The van der Waals surface area contributed by atoms with Gasteiger partial charge in [-0.3, -0.25) is 43.7 Å². The van der Waals surface area contributed by atoms with E-state index in [0.717, 1.165) is 32.5 Å². The molecule has 13 heteroatoms. The van der Waals surface area contributed by atoms with Gasteiger partial charge in [0.1, 0.15) is 0 Å². The monoisotopic (exact) mass is 702 g/mol. The first kappa shape index (κ1) is 41.3. The number of carbonyl (C=O) groups excluding carboxylic acids is 1. The number of hydrogen-bond donors (Lipinski definition) is 3. The topological polar surface area (TPSA) is 148 Å². The minimum absolute atomic E-state index is 0.0126. The van der Waals surface area contributed by atoms with Gasteiger partial charge in [0, 0.05) is 85.1 Å². The summed E-state index contributed by atoms with van der Waals surface area (Å²) >= 11 is 0. The molecule has 0 unspecified atom stereocenters. The van der Waals surface area contributed by atoms with Gasteiger partial charge in [-0.2, -0.15) is 0 Å². The van der Waals surface area contributed by atoms with E-state index in [-0.39, 0.29) is 42.9 Å². The second-order valence-electron chi connectivity index (χ2n) is 16.6. The lowest BCUT2D eigenvalue weighted by atomic mass is 9.83. The third-order valence-electron chi connectivity index (χ3n) is 9.08.